The summed E-state index contributed by atoms with van der Waals surface area (Å²) in [6.45, 7) is 0. The second-order valence-electron chi connectivity index (χ2n) is 2.84. The molecule has 0 aliphatic heterocycles. The van der Waals surface area contributed by atoms with Gasteiger partial charge in [-0.05, 0) is 24.3 Å². The van der Waals surface area contributed by atoms with E-state index in [0.29, 0.717) is 10.0 Å². The minimum atomic E-state index is 0.551. The molecule has 0 amide bonds. The first-order valence-corrected chi connectivity index (χ1v) is 4.89. The van der Waals surface area contributed by atoms with Crippen LogP contribution in [0.15, 0.2) is 42.6 Å². The van der Waals surface area contributed by atoms with Crippen molar-refractivity contribution in [3.05, 3.63) is 52.6 Å². The number of hydrogen-bond donors (Lipinski definition) is 0. The fourth-order valence-electron chi connectivity index (χ4n) is 1.19. The van der Waals surface area contributed by atoms with Crippen LogP contribution in [0.2, 0.25) is 10.0 Å². The number of pyridine rings is 1. The highest BCUT2D eigenvalue weighted by Gasteiger charge is 2.01. The molecule has 14 heavy (non-hydrogen) atoms. The standard InChI is InChI=1S/C11H7Cl2N/c12-9-5-4-8(7-10(9)13)11-3-1-2-6-14-11/h1-7H. The Labute approximate surface area is 92.3 Å². The third-order valence-electron chi connectivity index (χ3n) is 1.88. The van der Waals surface area contributed by atoms with Gasteiger partial charge in [-0.3, -0.25) is 4.98 Å². The topological polar surface area (TPSA) is 12.9 Å². The molecule has 0 N–H and O–H groups in total. The van der Waals surface area contributed by atoms with Crippen molar-refractivity contribution in [2.75, 3.05) is 0 Å². The summed E-state index contributed by atoms with van der Waals surface area (Å²) in [5.41, 5.74) is 1.87. The minimum absolute atomic E-state index is 0.551. The quantitative estimate of drug-likeness (QED) is 0.711. The van der Waals surface area contributed by atoms with E-state index in [4.69, 9.17) is 23.2 Å². The largest absolute Gasteiger partial charge is 0.256 e. The monoisotopic (exact) mass is 223 g/mol. The molecular weight excluding hydrogens is 217 g/mol. The lowest BCUT2D eigenvalue weighted by Crippen LogP contribution is -1.81. The number of nitrogens with zero attached hydrogens (tertiary/aromatic N) is 1. The van der Waals surface area contributed by atoms with E-state index in [9.17, 15) is 0 Å². The predicted molar refractivity (Wildman–Crippen MR) is 59.7 cm³/mol. The van der Waals surface area contributed by atoms with Gasteiger partial charge in [0.2, 0.25) is 0 Å². The lowest BCUT2D eigenvalue weighted by molar-refractivity contribution is 1.33. The number of hydrogen-bond acceptors (Lipinski definition) is 1. The highest BCUT2D eigenvalue weighted by molar-refractivity contribution is 6.42. The molecule has 0 unspecified atom stereocenters. The molecule has 0 saturated carbocycles. The molecule has 1 nitrogen and oxygen atoms in total. The predicted octanol–water partition coefficient (Wildman–Crippen LogP) is 4.06. The zero-order valence-electron chi connectivity index (χ0n) is 7.24. The molecular formula is C11H7Cl2N. The molecule has 0 radical (unpaired) electrons. The number of halogens is 2. The summed E-state index contributed by atoms with van der Waals surface area (Å²) in [5.74, 6) is 0. The van der Waals surface area contributed by atoms with E-state index in [1.54, 1.807) is 12.3 Å². The first-order chi connectivity index (χ1) is 6.77. The highest BCUT2D eigenvalue weighted by atomic mass is 35.5. The summed E-state index contributed by atoms with van der Waals surface area (Å²) in [5, 5.41) is 1.11. The van der Waals surface area contributed by atoms with Crippen molar-refractivity contribution in [2.24, 2.45) is 0 Å². The third-order valence-corrected chi connectivity index (χ3v) is 2.62. The summed E-state index contributed by atoms with van der Waals surface area (Å²) in [6.07, 6.45) is 1.75. The highest BCUT2D eigenvalue weighted by Crippen LogP contribution is 2.27. The number of rotatable bonds is 1. The lowest BCUT2D eigenvalue weighted by atomic mass is 10.1. The first kappa shape index (κ1) is 9.50. The maximum atomic E-state index is 5.90. The average molecular weight is 224 g/mol. The molecule has 70 valence electrons. The Balaban J connectivity index is 2.48. The van der Waals surface area contributed by atoms with Gasteiger partial charge >= 0.3 is 0 Å². The van der Waals surface area contributed by atoms with Gasteiger partial charge in [0.25, 0.3) is 0 Å². The van der Waals surface area contributed by atoms with Crippen molar-refractivity contribution in [3.63, 3.8) is 0 Å². The van der Waals surface area contributed by atoms with E-state index in [1.165, 1.54) is 0 Å². The van der Waals surface area contributed by atoms with Gasteiger partial charge in [-0.1, -0.05) is 35.3 Å². The number of benzene rings is 1. The molecule has 0 spiro atoms. The van der Waals surface area contributed by atoms with Crippen LogP contribution in [-0.4, -0.2) is 4.98 Å². The van der Waals surface area contributed by atoms with Crippen LogP contribution in [0.3, 0.4) is 0 Å². The summed E-state index contributed by atoms with van der Waals surface area (Å²) in [6, 6.07) is 11.2. The molecule has 1 aromatic heterocycles. The molecule has 0 fully saturated rings. The van der Waals surface area contributed by atoms with Gasteiger partial charge in [-0.2, -0.15) is 0 Å². The zero-order valence-corrected chi connectivity index (χ0v) is 8.76. The second kappa shape index (κ2) is 3.99. The van der Waals surface area contributed by atoms with E-state index in [0.717, 1.165) is 11.3 Å². The van der Waals surface area contributed by atoms with Gasteiger partial charge in [0, 0.05) is 11.8 Å². The number of aromatic nitrogens is 1. The Morgan fingerprint density at radius 1 is 0.929 bits per heavy atom. The summed E-state index contributed by atoms with van der Waals surface area (Å²) in [7, 11) is 0. The van der Waals surface area contributed by atoms with Crippen LogP contribution in [0.1, 0.15) is 0 Å². The smallest absolute Gasteiger partial charge is 0.0702 e. The van der Waals surface area contributed by atoms with Gasteiger partial charge in [-0.25, -0.2) is 0 Å². The fourth-order valence-corrected chi connectivity index (χ4v) is 1.49. The van der Waals surface area contributed by atoms with Crippen LogP contribution >= 0.6 is 23.2 Å². The van der Waals surface area contributed by atoms with Gasteiger partial charge in [0.05, 0.1) is 15.7 Å². The molecule has 0 bridgehead atoms. The van der Waals surface area contributed by atoms with Crippen LogP contribution in [-0.2, 0) is 0 Å². The average Bonchev–Trinajstić information content (AvgIpc) is 2.23. The fraction of sp³-hybridized carbons (Fsp3) is 0. The van der Waals surface area contributed by atoms with Gasteiger partial charge < -0.3 is 0 Å². The molecule has 2 rings (SSSR count). The van der Waals surface area contributed by atoms with E-state index in [2.05, 4.69) is 4.98 Å². The van der Waals surface area contributed by atoms with Crippen LogP contribution in [0.5, 0.6) is 0 Å². The van der Waals surface area contributed by atoms with Crippen molar-refractivity contribution >= 4 is 23.2 Å². The molecule has 0 atom stereocenters. The Bertz CT molecular complexity index is 440. The SMILES string of the molecule is Clc1ccc(-c2ccccn2)cc1Cl. The van der Waals surface area contributed by atoms with Crippen molar-refractivity contribution in [3.8, 4) is 11.3 Å². The van der Waals surface area contributed by atoms with Crippen molar-refractivity contribution in [1.82, 2.24) is 4.98 Å². The van der Waals surface area contributed by atoms with E-state index in [-0.39, 0.29) is 0 Å². The summed E-state index contributed by atoms with van der Waals surface area (Å²) >= 11 is 11.7. The molecule has 0 aliphatic carbocycles. The van der Waals surface area contributed by atoms with Crippen molar-refractivity contribution < 1.29 is 0 Å². The Morgan fingerprint density at radius 3 is 2.43 bits per heavy atom. The van der Waals surface area contributed by atoms with Crippen LogP contribution in [0.4, 0.5) is 0 Å². The van der Waals surface area contributed by atoms with Crippen LogP contribution in [0, 0.1) is 0 Å². The summed E-state index contributed by atoms with van der Waals surface area (Å²) < 4.78 is 0. The summed E-state index contributed by atoms with van der Waals surface area (Å²) in [4.78, 5) is 4.22. The Morgan fingerprint density at radius 2 is 1.79 bits per heavy atom. The Kier molecular flexibility index (Phi) is 2.71. The maximum Gasteiger partial charge on any atom is 0.0702 e. The minimum Gasteiger partial charge on any atom is -0.256 e. The zero-order chi connectivity index (χ0) is 9.97. The van der Waals surface area contributed by atoms with Gasteiger partial charge in [0.1, 0.15) is 0 Å². The second-order valence-corrected chi connectivity index (χ2v) is 3.66. The van der Waals surface area contributed by atoms with E-state index < -0.39 is 0 Å². The first-order valence-electron chi connectivity index (χ1n) is 4.14. The Hall–Kier alpha value is -1.05. The van der Waals surface area contributed by atoms with Gasteiger partial charge in [0.15, 0.2) is 0 Å². The third kappa shape index (κ3) is 1.89. The van der Waals surface area contributed by atoms with Crippen LogP contribution < -0.4 is 0 Å². The maximum absolute atomic E-state index is 5.90. The molecule has 0 aliphatic rings. The van der Waals surface area contributed by atoms with Crippen molar-refractivity contribution in [1.29, 1.82) is 0 Å². The van der Waals surface area contributed by atoms with E-state index >= 15 is 0 Å². The van der Waals surface area contributed by atoms with E-state index in [1.807, 2.05) is 30.3 Å². The molecule has 1 heterocycles. The van der Waals surface area contributed by atoms with Gasteiger partial charge in [-0.15, -0.1) is 0 Å². The molecule has 1 aromatic carbocycles. The molecule has 3 heteroatoms. The van der Waals surface area contributed by atoms with Crippen LogP contribution in [0.25, 0.3) is 11.3 Å². The molecule has 0 saturated heterocycles. The van der Waals surface area contributed by atoms with Crippen molar-refractivity contribution in [2.45, 2.75) is 0 Å². The molecule has 2 aromatic rings. The normalized spacial score (nSPS) is 10.1. The lowest BCUT2D eigenvalue weighted by Gasteiger charge is -2.01.